The van der Waals surface area contributed by atoms with E-state index in [2.05, 4.69) is 4.72 Å². The standard InChI is InChI=1S/C12H13N3O4S2/c1-8-5-6-9(20-8)7-14-21(18,19)11-4-2-3-10(13)12(11)15(16)17/h2-6,14H,7,13H2,1H3. The minimum Gasteiger partial charge on any atom is -0.393 e. The van der Waals surface area contributed by atoms with Gasteiger partial charge in [0.1, 0.15) is 5.69 Å². The average molecular weight is 327 g/mol. The fraction of sp³-hybridized carbons (Fsp3) is 0.167. The van der Waals surface area contributed by atoms with Crippen LogP contribution in [-0.2, 0) is 16.6 Å². The normalized spacial score (nSPS) is 11.5. The summed E-state index contributed by atoms with van der Waals surface area (Å²) in [7, 11) is -4.01. The van der Waals surface area contributed by atoms with Crippen LogP contribution in [0.4, 0.5) is 11.4 Å². The van der Waals surface area contributed by atoms with Crippen molar-refractivity contribution in [1.82, 2.24) is 4.72 Å². The number of nitro groups is 1. The Kier molecular flexibility index (Phi) is 4.26. The molecular weight excluding hydrogens is 314 g/mol. The van der Waals surface area contributed by atoms with Crippen molar-refractivity contribution in [1.29, 1.82) is 0 Å². The zero-order valence-electron chi connectivity index (χ0n) is 11.1. The van der Waals surface area contributed by atoms with Gasteiger partial charge in [-0.25, -0.2) is 13.1 Å². The molecule has 112 valence electrons. The molecule has 1 heterocycles. The number of anilines is 1. The van der Waals surface area contributed by atoms with E-state index < -0.39 is 25.5 Å². The van der Waals surface area contributed by atoms with Gasteiger partial charge in [-0.15, -0.1) is 11.3 Å². The minimum atomic E-state index is -4.01. The quantitative estimate of drug-likeness (QED) is 0.495. The monoisotopic (exact) mass is 327 g/mol. The molecule has 1 aromatic carbocycles. The molecule has 0 spiro atoms. The van der Waals surface area contributed by atoms with Crippen LogP contribution in [0.3, 0.4) is 0 Å². The smallest absolute Gasteiger partial charge is 0.312 e. The molecule has 0 unspecified atom stereocenters. The van der Waals surface area contributed by atoms with Crippen molar-refractivity contribution < 1.29 is 13.3 Å². The van der Waals surface area contributed by atoms with Crippen molar-refractivity contribution in [2.24, 2.45) is 0 Å². The Morgan fingerprint density at radius 1 is 1.33 bits per heavy atom. The van der Waals surface area contributed by atoms with Gasteiger partial charge < -0.3 is 5.73 Å². The molecular formula is C12H13N3O4S2. The molecule has 2 rings (SSSR count). The van der Waals surface area contributed by atoms with Crippen LogP contribution in [0.1, 0.15) is 9.75 Å². The molecule has 21 heavy (non-hydrogen) atoms. The third-order valence-corrected chi connectivity index (χ3v) is 5.17. The number of nitrogens with two attached hydrogens (primary N) is 1. The highest BCUT2D eigenvalue weighted by Crippen LogP contribution is 2.29. The highest BCUT2D eigenvalue weighted by molar-refractivity contribution is 7.89. The number of hydrogen-bond acceptors (Lipinski definition) is 6. The van der Waals surface area contributed by atoms with Gasteiger partial charge in [-0.2, -0.15) is 0 Å². The summed E-state index contributed by atoms with van der Waals surface area (Å²) in [6, 6.07) is 7.50. The van der Waals surface area contributed by atoms with Gasteiger partial charge in [-0.05, 0) is 31.2 Å². The van der Waals surface area contributed by atoms with Crippen LogP contribution in [0.5, 0.6) is 0 Å². The summed E-state index contributed by atoms with van der Waals surface area (Å²) < 4.78 is 26.8. The van der Waals surface area contributed by atoms with E-state index in [0.29, 0.717) is 0 Å². The van der Waals surface area contributed by atoms with Crippen molar-refractivity contribution in [3.05, 3.63) is 50.2 Å². The predicted octanol–water partition coefficient (Wildman–Crippen LogP) is 2.03. The first-order valence-electron chi connectivity index (χ1n) is 5.89. The molecule has 7 nitrogen and oxygen atoms in total. The van der Waals surface area contributed by atoms with E-state index in [1.807, 2.05) is 13.0 Å². The van der Waals surface area contributed by atoms with E-state index >= 15 is 0 Å². The van der Waals surface area contributed by atoms with Crippen LogP contribution in [0.25, 0.3) is 0 Å². The Morgan fingerprint density at radius 3 is 2.62 bits per heavy atom. The second kappa shape index (κ2) is 5.80. The van der Waals surface area contributed by atoms with Crippen molar-refractivity contribution in [2.75, 3.05) is 5.73 Å². The highest BCUT2D eigenvalue weighted by atomic mass is 32.2. The lowest BCUT2D eigenvalue weighted by Gasteiger charge is -2.07. The number of aryl methyl sites for hydroxylation is 1. The van der Waals surface area contributed by atoms with Crippen molar-refractivity contribution in [3.63, 3.8) is 0 Å². The second-order valence-electron chi connectivity index (χ2n) is 4.29. The fourth-order valence-corrected chi connectivity index (χ4v) is 3.90. The first-order chi connectivity index (χ1) is 9.81. The van der Waals surface area contributed by atoms with Gasteiger partial charge in [0.25, 0.3) is 0 Å². The Bertz CT molecular complexity index is 784. The summed E-state index contributed by atoms with van der Waals surface area (Å²) in [4.78, 5) is 11.7. The van der Waals surface area contributed by atoms with Gasteiger partial charge in [0.2, 0.25) is 10.0 Å². The van der Waals surface area contributed by atoms with E-state index in [1.165, 1.54) is 23.5 Å². The molecule has 3 N–H and O–H groups in total. The number of nitrogens with zero attached hydrogens (tertiary/aromatic N) is 1. The fourth-order valence-electron chi connectivity index (χ4n) is 1.78. The summed E-state index contributed by atoms with van der Waals surface area (Å²) in [5.41, 5.74) is 4.71. The molecule has 1 aromatic heterocycles. The molecule has 0 aliphatic carbocycles. The van der Waals surface area contributed by atoms with Crippen LogP contribution in [0.15, 0.2) is 35.2 Å². The first-order valence-corrected chi connectivity index (χ1v) is 8.19. The zero-order chi connectivity index (χ0) is 15.6. The predicted molar refractivity (Wildman–Crippen MR) is 80.6 cm³/mol. The number of rotatable bonds is 5. The number of sulfonamides is 1. The van der Waals surface area contributed by atoms with Gasteiger partial charge in [-0.3, -0.25) is 10.1 Å². The molecule has 2 aromatic rings. The summed E-state index contributed by atoms with van der Waals surface area (Å²) in [5.74, 6) is 0. The van der Waals surface area contributed by atoms with Crippen LogP contribution in [0, 0.1) is 17.0 Å². The molecule has 0 saturated heterocycles. The number of hydrogen-bond donors (Lipinski definition) is 2. The number of benzene rings is 1. The molecule has 0 aliphatic heterocycles. The Balaban J connectivity index is 2.32. The van der Waals surface area contributed by atoms with E-state index in [1.54, 1.807) is 6.07 Å². The maximum Gasteiger partial charge on any atom is 0.312 e. The van der Waals surface area contributed by atoms with Crippen LogP contribution < -0.4 is 10.5 Å². The molecule has 0 radical (unpaired) electrons. The van der Waals surface area contributed by atoms with E-state index in [-0.39, 0.29) is 12.2 Å². The maximum absolute atomic E-state index is 12.2. The van der Waals surface area contributed by atoms with Crippen LogP contribution in [-0.4, -0.2) is 13.3 Å². The summed E-state index contributed by atoms with van der Waals surface area (Å²) in [5, 5.41) is 11.0. The maximum atomic E-state index is 12.2. The lowest BCUT2D eigenvalue weighted by Crippen LogP contribution is -2.24. The number of nitrogen functional groups attached to an aromatic ring is 1. The van der Waals surface area contributed by atoms with Crippen LogP contribution in [0.2, 0.25) is 0 Å². The summed E-state index contributed by atoms with van der Waals surface area (Å²) in [6.45, 7) is 1.98. The SMILES string of the molecule is Cc1ccc(CNS(=O)(=O)c2cccc(N)c2[N+](=O)[O-])s1. The molecule has 9 heteroatoms. The van der Waals surface area contributed by atoms with Crippen molar-refractivity contribution in [2.45, 2.75) is 18.4 Å². The molecule has 0 amide bonds. The third-order valence-electron chi connectivity index (χ3n) is 2.73. The molecule has 0 saturated carbocycles. The largest absolute Gasteiger partial charge is 0.393 e. The van der Waals surface area contributed by atoms with Crippen molar-refractivity contribution in [3.8, 4) is 0 Å². The Labute approximate surface area is 125 Å². The number of para-hydroxylation sites is 1. The van der Waals surface area contributed by atoms with Gasteiger partial charge in [0.15, 0.2) is 4.90 Å². The Morgan fingerprint density at radius 2 is 2.05 bits per heavy atom. The summed E-state index contributed by atoms with van der Waals surface area (Å²) >= 11 is 1.45. The van der Waals surface area contributed by atoms with E-state index in [9.17, 15) is 18.5 Å². The molecule has 0 atom stereocenters. The Hall–Kier alpha value is -1.97. The topological polar surface area (TPSA) is 115 Å². The second-order valence-corrected chi connectivity index (χ2v) is 7.40. The number of nitrogens with one attached hydrogen (secondary N) is 1. The molecule has 0 bridgehead atoms. The van der Waals surface area contributed by atoms with E-state index in [4.69, 9.17) is 5.73 Å². The lowest BCUT2D eigenvalue weighted by atomic mass is 10.3. The molecule has 0 fully saturated rings. The van der Waals surface area contributed by atoms with E-state index in [0.717, 1.165) is 15.8 Å². The van der Waals surface area contributed by atoms with Gasteiger partial charge in [0, 0.05) is 16.3 Å². The number of nitro benzene ring substituents is 1. The van der Waals surface area contributed by atoms with Crippen molar-refractivity contribution >= 4 is 32.7 Å². The van der Waals surface area contributed by atoms with Gasteiger partial charge >= 0.3 is 5.69 Å². The van der Waals surface area contributed by atoms with Gasteiger partial charge in [-0.1, -0.05) is 6.07 Å². The third kappa shape index (κ3) is 3.38. The van der Waals surface area contributed by atoms with Crippen LogP contribution >= 0.6 is 11.3 Å². The average Bonchev–Trinajstić information content (AvgIpc) is 2.82. The first kappa shape index (κ1) is 15.4. The minimum absolute atomic E-state index is 0.0762. The summed E-state index contributed by atoms with van der Waals surface area (Å²) in [6.07, 6.45) is 0. The number of thiophene rings is 1. The molecule has 0 aliphatic rings. The van der Waals surface area contributed by atoms with Gasteiger partial charge in [0.05, 0.1) is 4.92 Å². The lowest BCUT2D eigenvalue weighted by molar-refractivity contribution is -0.386. The zero-order valence-corrected chi connectivity index (χ0v) is 12.7. The highest BCUT2D eigenvalue weighted by Gasteiger charge is 2.27.